The zero-order valence-electron chi connectivity index (χ0n) is 14.9. The molecule has 3 rings (SSSR count). The fourth-order valence-corrected chi connectivity index (χ4v) is 3.15. The van der Waals surface area contributed by atoms with Gasteiger partial charge in [0.05, 0.1) is 11.3 Å². The van der Waals surface area contributed by atoms with E-state index in [0.717, 1.165) is 18.5 Å². The zero-order chi connectivity index (χ0) is 18.4. The van der Waals surface area contributed by atoms with Crippen molar-refractivity contribution in [2.45, 2.75) is 45.1 Å². The second kappa shape index (κ2) is 8.60. The molecule has 1 amide bonds. The quantitative estimate of drug-likeness (QED) is 0.804. The first kappa shape index (κ1) is 18.1. The van der Waals surface area contributed by atoms with Gasteiger partial charge in [-0.1, -0.05) is 19.3 Å². The summed E-state index contributed by atoms with van der Waals surface area (Å²) in [6.45, 7) is 2.26. The molecule has 0 spiro atoms. The fourth-order valence-electron chi connectivity index (χ4n) is 3.15. The van der Waals surface area contributed by atoms with Gasteiger partial charge >= 0.3 is 5.97 Å². The number of aromatic nitrogens is 3. The number of carbonyl (C=O) groups is 2. The molecule has 0 radical (unpaired) electrons. The van der Waals surface area contributed by atoms with E-state index in [2.05, 4.69) is 15.4 Å². The van der Waals surface area contributed by atoms with E-state index in [1.165, 1.54) is 25.6 Å². The fraction of sp³-hybridized carbons (Fsp3) is 0.474. The van der Waals surface area contributed by atoms with Gasteiger partial charge in [-0.3, -0.25) is 4.79 Å². The molecule has 26 heavy (non-hydrogen) atoms. The first-order valence-corrected chi connectivity index (χ1v) is 9.07. The monoisotopic (exact) mass is 356 g/mol. The number of hydrogen-bond donors (Lipinski definition) is 1. The highest BCUT2D eigenvalue weighted by molar-refractivity contribution is 5.92. The van der Waals surface area contributed by atoms with Crippen LogP contribution in [0.5, 0.6) is 0 Å². The lowest BCUT2D eigenvalue weighted by Crippen LogP contribution is -2.38. The van der Waals surface area contributed by atoms with Crippen molar-refractivity contribution in [1.82, 2.24) is 20.1 Å². The second-order valence-corrected chi connectivity index (χ2v) is 6.68. The van der Waals surface area contributed by atoms with E-state index in [4.69, 9.17) is 4.74 Å². The van der Waals surface area contributed by atoms with Gasteiger partial charge in [-0.2, -0.15) is 5.10 Å². The van der Waals surface area contributed by atoms with Gasteiger partial charge in [-0.25, -0.2) is 14.5 Å². The van der Waals surface area contributed by atoms with Gasteiger partial charge in [0.1, 0.15) is 12.7 Å². The molecule has 1 aromatic carbocycles. The Morgan fingerprint density at radius 1 is 1.23 bits per heavy atom. The summed E-state index contributed by atoms with van der Waals surface area (Å²) in [5.41, 5.74) is 1.18. The minimum atomic E-state index is -0.818. The third-order valence-corrected chi connectivity index (χ3v) is 4.73. The highest BCUT2D eigenvalue weighted by Crippen LogP contribution is 2.22. The molecule has 1 aliphatic rings. The maximum Gasteiger partial charge on any atom is 0.338 e. The average Bonchev–Trinajstić information content (AvgIpc) is 3.21. The Kier molecular flexibility index (Phi) is 5.99. The molecule has 1 atom stereocenters. The van der Waals surface area contributed by atoms with Crippen LogP contribution in [0.1, 0.15) is 49.4 Å². The lowest BCUT2D eigenvalue weighted by molar-refractivity contribution is -0.129. The first-order valence-electron chi connectivity index (χ1n) is 9.07. The van der Waals surface area contributed by atoms with Gasteiger partial charge in [0.25, 0.3) is 5.91 Å². The van der Waals surface area contributed by atoms with Crippen LogP contribution in [0.2, 0.25) is 0 Å². The van der Waals surface area contributed by atoms with E-state index >= 15 is 0 Å². The molecule has 1 heterocycles. The second-order valence-electron chi connectivity index (χ2n) is 6.68. The lowest BCUT2D eigenvalue weighted by Gasteiger charge is -2.22. The number of carbonyl (C=O) groups excluding carboxylic acids is 2. The molecule has 2 aromatic rings. The van der Waals surface area contributed by atoms with Gasteiger partial charge in [-0.05, 0) is 49.9 Å². The summed E-state index contributed by atoms with van der Waals surface area (Å²) in [5, 5.41) is 6.93. The molecule has 7 nitrogen and oxygen atoms in total. The third kappa shape index (κ3) is 4.68. The minimum absolute atomic E-state index is 0.247. The summed E-state index contributed by atoms with van der Waals surface area (Å²) in [4.78, 5) is 28.3. The molecule has 1 aromatic heterocycles. The molecular weight excluding hydrogens is 332 g/mol. The molecule has 0 aliphatic heterocycles. The molecule has 1 N–H and O–H groups in total. The van der Waals surface area contributed by atoms with Gasteiger partial charge in [0.15, 0.2) is 6.10 Å². The number of rotatable bonds is 6. The van der Waals surface area contributed by atoms with Gasteiger partial charge < -0.3 is 10.1 Å². The van der Waals surface area contributed by atoms with Crippen LogP contribution in [0, 0.1) is 5.92 Å². The predicted molar refractivity (Wildman–Crippen MR) is 95.8 cm³/mol. The highest BCUT2D eigenvalue weighted by atomic mass is 16.5. The molecular formula is C19H24N4O3. The maximum absolute atomic E-state index is 12.2. The normalized spacial score (nSPS) is 16.0. The molecule has 0 bridgehead atoms. The van der Waals surface area contributed by atoms with Gasteiger partial charge in [0.2, 0.25) is 0 Å². The lowest BCUT2D eigenvalue weighted by atomic mass is 9.89. The number of nitrogens with zero attached hydrogens (tertiary/aromatic N) is 3. The smallest absolute Gasteiger partial charge is 0.338 e. The number of ether oxygens (including phenoxy) is 1. The Bertz CT molecular complexity index is 722. The van der Waals surface area contributed by atoms with Gasteiger partial charge in [0, 0.05) is 6.54 Å². The van der Waals surface area contributed by atoms with E-state index in [-0.39, 0.29) is 5.91 Å². The van der Waals surface area contributed by atoms with Crippen molar-refractivity contribution >= 4 is 11.9 Å². The number of amides is 1. The Labute approximate surface area is 152 Å². The van der Waals surface area contributed by atoms with Crippen molar-refractivity contribution in [2.75, 3.05) is 6.54 Å². The van der Waals surface area contributed by atoms with Crippen molar-refractivity contribution in [3.05, 3.63) is 42.5 Å². The van der Waals surface area contributed by atoms with Crippen molar-refractivity contribution in [2.24, 2.45) is 5.92 Å². The Balaban J connectivity index is 1.49. The largest absolute Gasteiger partial charge is 0.449 e. The molecule has 1 fully saturated rings. The topological polar surface area (TPSA) is 86.1 Å². The Morgan fingerprint density at radius 2 is 1.96 bits per heavy atom. The molecule has 1 saturated carbocycles. The summed E-state index contributed by atoms with van der Waals surface area (Å²) in [6, 6.07) is 6.79. The van der Waals surface area contributed by atoms with Crippen molar-refractivity contribution < 1.29 is 14.3 Å². The number of benzene rings is 1. The average molecular weight is 356 g/mol. The Hall–Kier alpha value is -2.70. The van der Waals surface area contributed by atoms with Crippen LogP contribution in [-0.4, -0.2) is 39.3 Å². The SMILES string of the molecule is CC(OC(=O)c1ccc(-n2cncn2)cc1)C(=O)NCC1CCCCC1. The number of nitrogens with one attached hydrogen (secondary N) is 1. The van der Waals surface area contributed by atoms with Gasteiger partial charge in [-0.15, -0.1) is 0 Å². The first-order chi connectivity index (χ1) is 12.6. The number of esters is 1. The molecule has 1 aliphatic carbocycles. The van der Waals surface area contributed by atoms with Crippen LogP contribution in [0.4, 0.5) is 0 Å². The van der Waals surface area contributed by atoms with Crippen molar-refractivity contribution in [3.63, 3.8) is 0 Å². The third-order valence-electron chi connectivity index (χ3n) is 4.73. The summed E-state index contributed by atoms with van der Waals surface area (Å²) in [5.74, 6) is -0.224. The van der Waals surface area contributed by atoms with E-state index in [1.807, 2.05) is 0 Å². The molecule has 138 valence electrons. The predicted octanol–water partition coefficient (Wildman–Crippen LogP) is 2.51. The maximum atomic E-state index is 12.2. The summed E-state index contributed by atoms with van der Waals surface area (Å²) in [6.07, 6.45) is 8.27. The summed E-state index contributed by atoms with van der Waals surface area (Å²) < 4.78 is 6.88. The highest BCUT2D eigenvalue weighted by Gasteiger charge is 2.20. The summed E-state index contributed by atoms with van der Waals surface area (Å²) >= 11 is 0. The van der Waals surface area contributed by atoms with E-state index in [9.17, 15) is 9.59 Å². The molecule has 1 unspecified atom stereocenters. The van der Waals surface area contributed by atoms with E-state index < -0.39 is 12.1 Å². The minimum Gasteiger partial charge on any atom is -0.449 e. The standard InChI is InChI=1S/C19H24N4O3/c1-14(18(24)21-11-15-5-3-2-4-6-15)26-19(25)16-7-9-17(10-8-16)23-13-20-12-22-23/h7-10,12-15H,2-6,11H2,1H3,(H,21,24). The summed E-state index contributed by atoms with van der Waals surface area (Å²) in [7, 11) is 0. The Morgan fingerprint density at radius 3 is 2.62 bits per heavy atom. The molecule has 7 heteroatoms. The molecule has 0 saturated heterocycles. The number of hydrogen-bond acceptors (Lipinski definition) is 5. The zero-order valence-corrected chi connectivity index (χ0v) is 14.9. The van der Waals surface area contributed by atoms with Crippen LogP contribution in [-0.2, 0) is 9.53 Å². The van der Waals surface area contributed by atoms with Crippen LogP contribution in [0.15, 0.2) is 36.9 Å². The van der Waals surface area contributed by atoms with E-state index in [1.54, 1.807) is 42.2 Å². The van der Waals surface area contributed by atoms with Crippen LogP contribution in [0.25, 0.3) is 5.69 Å². The van der Waals surface area contributed by atoms with Crippen LogP contribution >= 0.6 is 0 Å². The van der Waals surface area contributed by atoms with Crippen molar-refractivity contribution in [3.8, 4) is 5.69 Å². The van der Waals surface area contributed by atoms with Crippen LogP contribution in [0.3, 0.4) is 0 Å². The van der Waals surface area contributed by atoms with E-state index in [0.29, 0.717) is 18.0 Å². The van der Waals surface area contributed by atoms with Crippen LogP contribution < -0.4 is 5.32 Å². The van der Waals surface area contributed by atoms with Crippen molar-refractivity contribution in [1.29, 1.82) is 0 Å².